The second-order valence-electron chi connectivity index (χ2n) is 6.74. The predicted octanol–water partition coefficient (Wildman–Crippen LogP) is 5.06. The second kappa shape index (κ2) is 9.25. The van der Waals surface area contributed by atoms with Gasteiger partial charge in [0.1, 0.15) is 15.6 Å². The van der Waals surface area contributed by atoms with E-state index in [0.29, 0.717) is 31.5 Å². The Morgan fingerprint density at radius 3 is 2.48 bits per heavy atom. The molecule has 0 aliphatic rings. The van der Waals surface area contributed by atoms with Crippen molar-refractivity contribution in [2.75, 3.05) is 33.1 Å². The summed E-state index contributed by atoms with van der Waals surface area (Å²) in [5.41, 5.74) is 0.633. The Bertz CT molecular complexity index is 1180. The summed E-state index contributed by atoms with van der Waals surface area (Å²) >= 11 is 8.74. The Labute approximate surface area is 192 Å². The molecule has 3 aromatic rings. The van der Waals surface area contributed by atoms with Crippen molar-refractivity contribution in [3.8, 4) is 5.75 Å². The minimum atomic E-state index is -0.600. The summed E-state index contributed by atoms with van der Waals surface area (Å²) in [5, 5.41) is 4.00. The molecule has 0 aliphatic heterocycles. The molecule has 2 amide bonds. The van der Waals surface area contributed by atoms with Crippen LogP contribution in [0, 0.1) is 6.92 Å². The number of fused-ring (bicyclic) bond motifs is 1. The molecule has 0 bridgehead atoms. The zero-order valence-electron chi connectivity index (χ0n) is 17.6. The number of benzene rings is 1. The molecule has 0 aliphatic carbocycles. The van der Waals surface area contributed by atoms with Gasteiger partial charge in [-0.05, 0) is 37.6 Å². The lowest BCUT2D eigenvalue weighted by Crippen LogP contribution is -2.21. The van der Waals surface area contributed by atoms with Gasteiger partial charge < -0.3 is 19.7 Å². The van der Waals surface area contributed by atoms with Crippen LogP contribution in [0.2, 0.25) is 5.02 Å². The van der Waals surface area contributed by atoms with Gasteiger partial charge in [0, 0.05) is 24.2 Å². The van der Waals surface area contributed by atoms with E-state index in [1.807, 2.05) is 6.07 Å². The van der Waals surface area contributed by atoms with Gasteiger partial charge >= 0.3 is 5.97 Å². The van der Waals surface area contributed by atoms with Crippen LogP contribution in [0.1, 0.15) is 42.2 Å². The molecule has 0 saturated heterocycles. The molecule has 3 rings (SSSR count). The van der Waals surface area contributed by atoms with Crippen molar-refractivity contribution in [2.45, 2.75) is 13.8 Å². The SMILES string of the molecule is CCOC(=O)c1c(NC(=O)c2sc3ccc(OC)cc3c2Cl)sc(C(=O)N(C)C)c1C. The van der Waals surface area contributed by atoms with E-state index >= 15 is 0 Å². The van der Waals surface area contributed by atoms with E-state index in [0.717, 1.165) is 16.0 Å². The third-order valence-corrected chi connectivity index (χ3v) is 7.36. The number of amides is 2. The first-order valence-corrected chi connectivity index (χ1v) is 11.3. The first-order chi connectivity index (χ1) is 14.7. The minimum absolute atomic E-state index is 0.169. The highest BCUT2D eigenvalue weighted by molar-refractivity contribution is 7.22. The molecule has 0 radical (unpaired) electrons. The Morgan fingerprint density at radius 1 is 1.16 bits per heavy atom. The first kappa shape index (κ1) is 23.1. The maximum Gasteiger partial charge on any atom is 0.341 e. The topological polar surface area (TPSA) is 84.9 Å². The van der Waals surface area contributed by atoms with Gasteiger partial charge in [0.05, 0.1) is 29.2 Å². The van der Waals surface area contributed by atoms with Gasteiger partial charge in [0.15, 0.2) is 0 Å². The lowest BCUT2D eigenvalue weighted by Gasteiger charge is -2.09. The molecule has 1 N–H and O–H groups in total. The molecule has 31 heavy (non-hydrogen) atoms. The summed E-state index contributed by atoms with van der Waals surface area (Å²) in [6.45, 7) is 3.52. The summed E-state index contributed by atoms with van der Waals surface area (Å²) in [5.74, 6) is -0.706. The van der Waals surface area contributed by atoms with Crippen LogP contribution in [-0.2, 0) is 4.74 Å². The van der Waals surface area contributed by atoms with Crippen molar-refractivity contribution in [2.24, 2.45) is 0 Å². The lowest BCUT2D eigenvalue weighted by atomic mass is 10.1. The van der Waals surface area contributed by atoms with Crippen LogP contribution >= 0.6 is 34.3 Å². The van der Waals surface area contributed by atoms with Crippen molar-refractivity contribution < 1.29 is 23.9 Å². The number of methoxy groups -OCH3 is 1. The van der Waals surface area contributed by atoms with Gasteiger partial charge in [-0.25, -0.2) is 4.79 Å². The fourth-order valence-electron chi connectivity index (χ4n) is 2.94. The fourth-order valence-corrected chi connectivity index (χ4v) is 5.53. The average molecular weight is 481 g/mol. The molecule has 2 heterocycles. The standard InChI is InChI=1S/C21H21ClN2O5S2/c1-6-29-21(27)14-10(2)16(20(26)24(3)4)31-19(14)23-18(25)17-15(22)12-9-11(28-5)7-8-13(12)30-17/h7-9H,6H2,1-5H3,(H,23,25). The molecule has 164 valence electrons. The number of carbonyl (C=O) groups is 3. The molecular formula is C21H21ClN2O5S2. The number of esters is 1. The minimum Gasteiger partial charge on any atom is -0.497 e. The van der Waals surface area contributed by atoms with Crippen molar-refractivity contribution >= 4 is 67.1 Å². The van der Waals surface area contributed by atoms with E-state index in [1.54, 1.807) is 47.2 Å². The molecule has 1 aromatic carbocycles. The first-order valence-electron chi connectivity index (χ1n) is 9.29. The van der Waals surface area contributed by atoms with Crippen molar-refractivity contribution in [1.82, 2.24) is 4.90 Å². The van der Waals surface area contributed by atoms with E-state index in [2.05, 4.69) is 5.32 Å². The normalized spacial score (nSPS) is 10.8. The summed E-state index contributed by atoms with van der Waals surface area (Å²) in [6, 6.07) is 5.38. The number of halogens is 1. The van der Waals surface area contributed by atoms with Crippen molar-refractivity contribution in [3.05, 3.63) is 44.1 Å². The molecular weight excluding hydrogens is 460 g/mol. The number of carbonyl (C=O) groups excluding carboxylic acids is 3. The molecule has 0 atom stereocenters. The van der Waals surface area contributed by atoms with Gasteiger partial charge in [-0.3, -0.25) is 9.59 Å². The molecule has 7 nitrogen and oxygen atoms in total. The number of nitrogens with zero attached hydrogens (tertiary/aromatic N) is 1. The molecule has 0 fully saturated rings. The van der Waals surface area contributed by atoms with Gasteiger partial charge in [-0.1, -0.05) is 11.6 Å². The Balaban J connectivity index is 2.03. The van der Waals surface area contributed by atoms with Crippen molar-refractivity contribution in [3.63, 3.8) is 0 Å². The fraction of sp³-hybridized carbons (Fsp3) is 0.286. The monoisotopic (exact) mass is 480 g/mol. The number of ether oxygens (including phenoxy) is 2. The Hall–Kier alpha value is -2.62. The van der Waals surface area contributed by atoms with Crippen LogP contribution in [0.25, 0.3) is 10.1 Å². The summed E-state index contributed by atoms with van der Waals surface area (Å²) in [4.78, 5) is 40.2. The number of hydrogen-bond donors (Lipinski definition) is 1. The molecule has 0 unspecified atom stereocenters. The zero-order valence-corrected chi connectivity index (χ0v) is 20.0. The number of anilines is 1. The number of rotatable bonds is 6. The third-order valence-electron chi connectivity index (χ3n) is 4.49. The Kier molecular flexibility index (Phi) is 6.88. The number of thiophene rings is 2. The van der Waals surface area contributed by atoms with Crippen LogP contribution in [-0.4, -0.2) is 50.5 Å². The van der Waals surface area contributed by atoms with Crippen LogP contribution < -0.4 is 10.1 Å². The summed E-state index contributed by atoms with van der Waals surface area (Å²) in [6.07, 6.45) is 0. The van der Waals surface area contributed by atoms with E-state index < -0.39 is 11.9 Å². The van der Waals surface area contributed by atoms with Gasteiger partial charge in [-0.15, -0.1) is 22.7 Å². The average Bonchev–Trinajstić information content (AvgIpc) is 3.24. The smallest absolute Gasteiger partial charge is 0.341 e. The van der Waals surface area contributed by atoms with E-state index in [9.17, 15) is 14.4 Å². The quantitative estimate of drug-likeness (QED) is 0.498. The molecule has 0 spiro atoms. The zero-order chi connectivity index (χ0) is 22.9. The number of hydrogen-bond acceptors (Lipinski definition) is 7. The van der Waals surface area contributed by atoms with Crippen LogP contribution in [0.5, 0.6) is 5.75 Å². The van der Waals surface area contributed by atoms with E-state index in [4.69, 9.17) is 21.1 Å². The highest BCUT2D eigenvalue weighted by atomic mass is 35.5. The van der Waals surface area contributed by atoms with E-state index in [-0.39, 0.29) is 23.1 Å². The molecule has 0 saturated carbocycles. The van der Waals surface area contributed by atoms with Crippen molar-refractivity contribution in [1.29, 1.82) is 0 Å². The van der Waals surface area contributed by atoms with Crippen LogP contribution in [0.4, 0.5) is 5.00 Å². The molecule has 2 aromatic heterocycles. The van der Waals surface area contributed by atoms with Gasteiger partial charge in [0.25, 0.3) is 11.8 Å². The Morgan fingerprint density at radius 2 is 1.87 bits per heavy atom. The van der Waals surface area contributed by atoms with Crippen LogP contribution in [0.3, 0.4) is 0 Å². The number of nitrogens with one attached hydrogen (secondary N) is 1. The summed E-state index contributed by atoms with van der Waals surface area (Å²) in [7, 11) is 4.79. The van der Waals surface area contributed by atoms with Crippen LogP contribution in [0.15, 0.2) is 18.2 Å². The lowest BCUT2D eigenvalue weighted by molar-refractivity contribution is 0.0527. The second-order valence-corrected chi connectivity index (χ2v) is 9.19. The maximum atomic E-state index is 13.1. The van der Waals surface area contributed by atoms with E-state index in [1.165, 1.54) is 16.2 Å². The van der Waals surface area contributed by atoms with Gasteiger partial charge in [-0.2, -0.15) is 0 Å². The molecule has 10 heteroatoms. The highest BCUT2D eigenvalue weighted by Gasteiger charge is 2.28. The van der Waals surface area contributed by atoms with Gasteiger partial charge in [0.2, 0.25) is 0 Å². The summed E-state index contributed by atoms with van der Waals surface area (Å²) < 4.78 is 11.2. The highest BCUT2D eigenvalue weighted by Crippen LogP contribution is 2.39. The maximum absolute atomic E-state index is 13.1. The predicted molar refractivity (Wildman–Crippen MR) is 124 cm³/mol. The third kappa shape index (κ3) is 4.39. The largest absolute Gasteiger partial charge is 0.497 e.